The molecule has 0 fully saturated rings. The molecule has 0 amide bonds. The van der Waals surface area contributed by atoms with Crippen molar-refractivity contribution < 1.29 is 17.9 Å². The predicted octanol–water partition coefficient (Wildman–Crippen LogP) is 6.36. The van der Waals surface area contributed by atoms with Crippen LogP contribution in [0.15, 0.2) is 77.0 Å². The molecule has 4 rings (SSSR count). The second kappa shape index (κ2) is 10.7. The summed E-state index contributed by atoms with van der Waals surface area (Å²) in [7, 11) is 0. The smallest absolute Gasteiger partial charge is 0.421 e. The Balaban J connectivity index is 1.70. The molecule has 0 aliphatic carbocycles. The first-order valence-corrected chi connectivity index (χ1v) is 11.7. The van der Waals surface area contributed by atoms with Crippen LogP contribution in [0.25, 0.3) is 10.9 Å². The van der Waals surface area contributed by atoms with Crippen LogP contribution < -0.4 is 15.3 Å². The highest BCUT2D eigenvalue weighted by atomic mass is 35.5. The highest BCUT2D eigenvalue weighted by Crippen LogP contribution is 2.34. The molecule has 196 valence electrons. The fourth-order valence-corrected chi connectivity index (χ4v) is 4.23. The minimum absolute atomic E-state index is 0.0658. The van der Waals surface area contributed by atoms with Gasteiger partial charge in [0.25, 0.3) is 5.56 Å². The van der Waals surface area contributed by atoms with Crippen LogP contribution in [0.5, 0.6) is 5.75 Å². The van der Waals surface area contributed by atoms with Crippen LogP contribution in [0.4, 0.5) is 18.9 Å². The molecule has 0 bridgehead atoms. The second-order valence-corrected chi connectivity index (χ2v) is 8.89. The van der Waals surface area contributed by atoms with E-state index in [1.54, 1.807) is 30.1 Å². The number of pyridine rings is 3. The maximum absolute atomic E-state index is 13.2. The molecule has 0 N–H and O–H groups in total. The maximum atomic E-state index is 13.2. The summed E-state index contributed by atoms with van der Waals surface area (Å²) >= 11 is 6.43. The van der Waals surface area contributed by atoms with E-state index in [0.29, 0.717) is 38.9 Å². The van der Waals surface area contributed by atoms with Crippen molar-refractivity contribution in [3.05, 3.63) is 105 Å². The molecule has 3 heterocycles. The van der Waals surface area contributed by atoms with Crippen molar-refractivity contribution in [3.63, 3.8) is 0 Å². The third kappa shape index (κ3) is 5.40. The van der Waals surface area contributed by atoms with Gasteiger partial charge >= 0.3 is 6.18 Å². The summed E-state index contributed by atoms with van der Waals surface area (Å²) in [6.45, 7) is 10.9. The van der Waals surface area contributed by atoms with Crippen LogP contribution in [-0.4, -0.2) is 21.3 Å². The van der Waals surface area contributed by atoms with Crippen molar-refractivity contribution in [2.45, 2.75) is 33.2 Å². The Morgan fingerprint density at radius 3 is 2.68 bits per heavy atom. The molecule has 4 aromatic rings. The molecule has 0 spiro atoms. The lowest BCUT2D eigenvalue weighted by molar-refractivity contribution is -0.138. The molecule has 0 atom stereocenters. The number of hydrazone groups is 1. The van der Waals surface area contributed by atoms with E-state index < -0.39 is 17.3 Å². The highest BCUT2D eigenvalue weighted by Gasteiger charge is 2.34. The van der Waals surface area contributed by atoms with Crippen molar-refractivity contribution in [1.29, 1.82) is 0 Å². The summed E-state index contributed by atoms with van der Waals surface area (Å²) in [6, 6.07) is 10.7. The number of aromatic nitrogens is 3. The summed E-state index contributed by atoms with van der Waals surface area (Å²) < 4.78 is 46.7. The van der Waals surface area contributed by atoms with Crippen LogP contribution in [0.2, 0.25) is 5.02 Å². The van der Waals surface area contributed by atoms with Gasteiger partial charge in [-0.15, -0.1) is 0 Å². The number of hydrogen-bond donors (Lipinski definition) is 0. The largest absolute Gasteiger partial charge is 0.486 e. The average molecular weight is 542 g/mol. The van der Waals surface area contributed by atoms with E-state index in [1.807, 2.05) is 19.1 Å². The molecular formula is C27H23ClF3N5O2. The van der Waals surface area contributed by atoms with Gasteiger partial charge < -0.3 is 9.30 Å². The summed E-state index contributed by atoms with van der Waals surface area (Å²) in [5, 5.41) is 6.70. The number of para-hydroxylation sites is 1. The third-order valence-corrected chi connectivity index (χ3v) is 6.10. The van der Waals surface area contributed by atoms with Crippen LogP contribution >= 0.6 is 11.6 Å². The van der Waals surface area contributed by atoms with Crippen molar-refractivity contribution in [2.24, 2.45) is 5.10 Å². The van der Waals surface area contributed by atoms with Crippen LogP contribution in [-0.2, 0) is 19.3 Å². The van der Waals surface area contributed by atoms with Gasteiger partial charge in [0, 0.05) is 41.5 Å². The minimum atomic E-state index is -4.77. The monoisotopic (exact) mass is 541 g/mol. The number of ether oxygens (including phenoxy) is 1. The Bertz CT molecular complexity index is 1600. The Morgan fingerprint density at radius 2 is 2.00 bits per heavy atom. The van der Waals surface area contributed by atoms with E-state index >= 15 is 0 Å². The lowest BCUT2D eigenvalue weighted by atomic mass is 10.1. The van der Waals surface area contributed by atoms with Gasteiger partial charge in [-0.25, -0.2) is 9.99 Å². The van der Waals surface area contributed by atoms with E-state index in [9.17, 15) is 18.0 Å². The summed E-state index contributed by atoms with van der Waals surface area (Å²) in [6.07, 6.45) is -2.08. The molecule has 3 aromatic heterocycles. The number of anilines is 1. The fraction of sp³-hybridized carbons (Fsp3) is 0.185. The Labute approximate surface area is 221 Å². The van der Waals surface area contributed by atoms with Crippen molar-refractivity contribution in [1.82, 2.24) is 14.5 Å². The first-order chi connectivity index (χ1) is 18.0. The number of halogens is 4. The maximum Gasteiger partial charge on any atom is 0.421 e. The Hall–Kier alpha value is -4.18. The first kappa shape index (κ1) is 26.9. The normalized spacial score (nSPS) is 11.4. The molecule has 0 saturated heterocycles. The SMILES string of the molecule is C=NN(C(=C)C)c1cc(C)nc2c(OCc3c(Cl)ccnc3Cn3cccc(C(F)(F)F)c3=O)cccc12. The minimum Gasteiger partial charge on any atom is -0.486 e. The molecule has 7 nitrogen and oxygen atoms in total. The quantitative estimate of drug-likeness (QED) is 0.192. The van der Waals surface area contributed by atoms with E-state index in [1.165, 1.54) is 18.5 Å². The van der Waals surface area contributed by atoms with Crippen molar-refractivity contribution >= 4 is 34.9 Å². The zero-order valence-corrected chi connectivity index (χ0v) is 21.3. The first-order valence-electron chi connectivity index (χ1n) is 11.4. The van der Waals surface area contributed by atoms with E-state index in [2.05, 4.69) is 28.4 Å². The Kier molecular flexibility index (Phi) is 7.54. The van der Waals surface area contributed by atoms with Gasteiger partial charge in [0.15, 0.2) is 0 Å². The van der Waals surface area contributed by atoms with E-state index in [-0.39, 0.29) is 13.2 Å². The summed E-state index contributed by atoms with van der Waals surface area (Å²) in [4.78, 5) is 21.4. The lowest BCUT2D eigenvalue weighted by Crippen LogP contribution is -2.28. The predicted molar refractivity (Wildman–Crippen MR) is 142 cm³/mol. The zero-order valence-electron chi connectivity index (χ0n) is 20.6. The van der Waals surface area contributed by atoms with Gasteiger partial charge in [0.2, 0.25) is 0 Å². The van der Waals surface area contributed by atoms with Gasteiger partial charge in [-0.1, -0.05) is 30.3 Å². The molecule has 0 radical (unpaired) electrons. The molecular weight excluding hydrogens is 519 g/mol. The van der Waals surface area contributed by atoms with E-state index in [4.69, 9.17) is 16.3 Å². The molecule has 38 heavy (non-hydrogen) atoms. The van der Waals surface area contributed by atoms with E-state index in [0.717, 1.165) is 21.7 Å². The number of nitrogens with zero attached hydrogens (tertiary/aromatic N) is 5. The second-order valence-electron chi connectivity index (χ2n) is 8.48. The number of fused-ring (bicyclic) bond motifs is 1. The molecule has 0 aliphatic heterocycles. The molecule has 1 aromatic carbocycles. The molecule has 0 aliphatic rings. The van der Waals surface area contributed by atoms with Crippen LogP contribution in [0.3, 0.4) is 0 Å². The van der Waals surface area contributed by atoms with Gasteiger partial charge in [0.05, 0.1) is 22.9 Å². The standard InChI is InChI=1S/C27H23ClF3N5O2/c1-16(2)36(32-4)23-13-17(3)34-25-18(23)7-5-9-24(25)38-15-19-21(28)10-11-33-22(19)14-35-12-6-8-20(26(35)37)27(29,30)31/h5-13H,1,4,14-15H2,2-3H3. The summed E-state index contributed by atoms with van der Waals surface area (Å²) in [5.74, 6) is 0.445. The van der Waals surface area contributed by atoms with Gasteiger partial charge in [-0.05, 0) is 44.2 Å². The van der Waals surface area contributed by atoms with Gasteiger partial charge in [0.1, 0.15) is 23.4 Å². The number of hydrogen-bond acceptors (Lipinski definition) is 6. The third-order valence-electron chi connectivity index (χ3n) is 5.75. The molecule has 0 saturated carbocycles. The number of aryl methyl sites for hydroxylation is 1. The fourth-order valence-electron chi connectivity index (χ4n) is 4.01. The van der Waals surface area contributed by atoms with Crippen molar-refractivity contribution in [3.8, 4) is 5.75 Å². The molecule has 0 unspecified atom stereocenters. The molecule has 11 heteroatoms. The topological polar surface area (TPSA) is 72.6 Å². The van der Waals surface area contributed by atoms with Gasteiger partial charge in [-0.2, -0.15) is 18.3 Å². The average Bonchev–Trinajstić information content (AvgIpc) is 2.84. The number of alkyl halides is 3. The van der Waals surface area contributed by atoms with Crippen molar-refractivity contribution in [2.75, 3.05) is 5.01 Å². The number of allylic oxidation sites excluding steroid dienone is 1. The van der Waals surface area contributed by atoms with Crippen LogP contribution in [0, 0.1) is 6.92 Å². The number of benzene rings is 1. The lowest BCUT2D eigenvalue weighted by Gasteiger charge is -2.21. The van der Waals surface area contributed by atoms with Gasteiger partial charge in [-0.3, -0.25) is 9.78 Å². The Morgan fingerprint density at radius 1 is 1.24 bits per heavy atom. The van der Waals surface area contributed by atoms with Crippen LogP contribution in [0.1, 0.15) is 29.4 Å². The zero-order chi connectivity index (χ0) is 27.6. The summed E-state index contributed by atoms with van der Waals surface area (Å²) in [5.41, 5.74) is 0.960. The number of rotatable bonds is 8. The highest BCUT2D eigenvalue weighted by molar-refractivity contribution is 6.31.